The van der Waals surface area contributed by atoms with Crippen molar-refractivity contribution in [3.8, 4) is 0 Å². The van der Waals surface area contributed by atoms with Gasteiger partial charge in [0.1, 0.15) is 19.0 Å². The Hall–Kier alpha value is -1.03. The molecule has 0 aromatic heterocycles. The Kier molecular flexibility index (Phi) is 7.29. The van der Waals surface area contributed by atoms with Gasteiger partial charge < -0.3 is 25.8 Å². The Bertz CT molecular complexity index is 707. The summed E-state index contributed by atoms with van der Waals surface area (Å²) in [4.78, 5) is 25.2. The highest BCUT2D eigenvalue weighted by Crippen LogP contribution is 2.47. The summed E-state index contributed by atoms with van der Waals surface area (Å²) in [6.07, 6.45) is 1.37. The van der Waals surface area contributed by atoms with Gasteiger partial charge in [-0.2, -0.15) is 0 Å². The van der Waals surface area contributed by atoms with Gasteiger partial charge in [-0.25, -0.2) is 8.78 Å². The molecule has 0 aromatic rings. The molecule has 6 unspecified atom stereocenters. The molecule has 4 N–H and O–H groups in total. The van der Waals surface area contributed by atoms with Crippen LogP contribution in [0.2, 0.25) is 0 Å². The van der Waals surface area contributed by atoms with Crippen molar-refractivity contribution in [1.82, 2.24) is 16.0 Å². The Balaban J connectivity index is 1.26. The summed E-state index contributed by atoms with van der Waals surface area (Å²) in [6, 6.07) is -0.548. The van der Waals surface area contributed by atoms with Gasteiger partial charge in [0, 0.05) is 18.4 Å². The predicted octanol–water partition coefficient (Wildman–Crippen LogP) is 1.64. The maximum absolute atomic E-state index is 13.8. The molecule has 1 heterocycles. The number of hydrogen-bond acceptors (Lipinski definition) is 5. The fraction of sp³-hybridized carbons (Fsp3) is 0.909. The third-order valence-corrected chi connectivity index (χ3v) is 8.34. The zero-order valence-electron chi connectivity index (χ0n) is 18.3. The lowest BCUT2D eigenvalue weighted by molar-refractivity contribution is -0.140. The van der Waals surface area contributed by atoms with Crippen molar-refractivity contribution in [1.29, 1.82) is 0 Å². The van der Waals surface area contributed by atoms with Crippen LogP contribution in [0.15, 0.2) is 0 Å². The molecule has 0 aromatic carbocycles. The number of fused-ring (bicyclic) bond motifs is 3. The second-order valence-electron chi connectivity index (χ2n) is 10.1. The fourth-order valence-corrected chi connectivity index (χ4v) is 6.01. The van der Waals surface area contributed by atoms with Gasteiger partial charge in [-0.15, -0.1) is 11.6 Å². The lowest BCUT2D eigenvalue weighted by atomic mass is 9.59. The van der Waals surface area contributed by atoms with E-state index in [9.17, 15) is 23.5 Å². The van der Waals surface area contributed by atoms with E-state index in [0.717, 1.165) is 0 Å². The summed E-state index contributed by atoms with van der Waals surface area (Å²) >= 11 is 5.89. The molecule has 5 fully saturated rings. The Labute approximate surface area is 192 Å². The first-order valence-electron chi connectivity index (χ1n) is 11.8. The summed E-state index contributed by atoms with van der Waals surface area (Å²) in [5.41, 5.74) is -1.27. The van der Waals surface area contributed by atoms with Gasteiger partial charge >= 0.3 is 0 Å². The van der Waals surface area contributed by atoms with Crippen LogP contribution in [0.4, 0.5) is 8.78 Å². The Morgan fingerprint density at radius 2 is 1.84 bits per heavy atom. The second kappa shape index (κ2) is 9.68. The Morgan fingerprint density at radius 1 is 1.09 bits per heavy atom. The van der Waals surface area contributed by atoms with Crippen LogP contribution in [-0.2, 0) is 14.3 Å². The van der Waals surface area contributed by atoms with Crippen LogP contribution in [0.3, 0.4) is 0 Å². The largest absolute Gasteiger partial charge is 0.391 e. The Morgan fingerprint density at radius 3 is 2.50 bits per heavy atom. The number of piperidine rings is 1. The average Bonchev–Trinajstić information content (AvgIpc) is 2.76. The van der Waals surface area contributed by atoms with Crippen molar-refractivity contribution >= 4 is 23.4 Å². The minimum atomic E-state index is -1.13. The third kappa shape index (κ3) is 5.21. The van der Waals surface area contributed by atoms with Crippen molar-refractivity contribution in [2.24, 2.45) is 0 Å². The molecule has 0 radical (unpaired) electrons. The highest BCUT2D eigenvalue weighted by Gasteiger charge is 2.55. The topological polar surface area (TPSA) is 99.7 Å². The number of aliphatic hydroxyl groups is 1. The van der Waals surface area contributed by atoms with Gasteiger partial charge in [0.05, 0.1) is 29.2 Å². The number of amides is 2. The smallest absolute Gasteiger partial charge is 0.246 e. The number of rotatable bonds is 6. The molecule has 2 bridgehead atoms. The minimum Gasteiger partial charge on any atom is -0.391 e. The summed E-state index contributed by atoms with van der Waals surface area (Å²) in [7, 11) is 0. The molecule has 4 aliphatic carbocycles. The van der Waals surface area contributed by atoms with Crippen molar-refractivity contribution in [3.63, 3.8) is 0 Å². The molecule has 7 nitrogen and oxygen atoms in total. The predicted molar refractivity (Wildman–Crippen MR) is 115 cm³/mol. The standard InChI is InChI=1S/C22H34ClF2N3O4/c23-15-2-1-14(10-16(15)25)32-12-19(30)27-22-6-4-21(5-7-22,11-18(22)29)28-20(31)17-9-13(24)3-8-26-17/h13-18,26,29H,1-12H2,(H,27,30)(H,28,31). The lowest BCUT2D eigenvalue weighted by Gasteiger charge is -2.56. The van der Waals surface area contributed by atoms with E-state index in [-0.39, 0.29) is 37.4 Å². The molecule has 4 saturated carbocycles. The van der Waals surface area contributed by atoms with E-state index in [1.165, 1.54) is 0 Å². The molecule has 5 aliphatic rings. The zero-order valence-corrected chi connectivity index (χ0v) is 19.0. The van der Waals surface area contributed by atoms with E-state index < -0.39 is 40.9 Å². The molecule has 10 heteroatoms. The van der Waals surface area contributed by atoms with Gasteiger partial charge in [-0.05, 0) is 57.9 Å². The normalized spacial score (nSPS) is 44.1. The van der Waals surface area contributed by atoms with Crippen molar-refractivity contribution in [2.45, 2.75) is 111 Å². The van der Waals surface area contributed by atoms with Crippen LogP contribution in [0, 0.1) is 0 Å². The van der Waals surface area contributed by atoms with Crippen LogP contribution >= 0.6 is 11.6 Å². The quantitative estimate of drug-likeness (QED) is 0.436. The molecular weight excluding hydrogens is 444 g/mol. The molecule has 0 spiro atoms. The zero-order chi connectivity index (χ0) is 22.9. The maximum Gasteiger partial charge on any atom is 0.246 e. The summed E-state index contributed by atoms with van der Waals surface area (Å²) in [5, 5.41) is 19.5. The van der Waals surface area contributed by atoms with Crippen molar-refractivity contribution < 1.29 is 28.2 Å². The first kappa shape index (κ1) is 24.1. The van der Waals surface area contributed by atoms with Crippen molar-refractivity contribution in [3.05, 3.63) is 0 Å². The SMILES string of the molecule is O=C(COC1CCC(Cl)C(F)C1)NC12CCC(NC(=O)C3CC(F)CCN3)(CC1)CC2O. The minimum absolute atomic E-state index is 0.167. The van der Waals surface area contributed by atoms with E-state index >= 15 is 0 Å². The van der Waals surface area contributed by atoms with Crippen LogP contribution in [0.5, 0.6) is 0 Å². The number of alkyl halides is 3. The van der Waals surface area contributed by atoms with E-state index in [1.807, 2.05) is 0 Å². The number of nitrogens with one attached hydrogen (secondary N) is 3. The van der Waals surface area contributed by atoms with Crippen LogP contribution in [0.25, 0.3) is 0 Å². The van der Waals surface area contributed by atoms with Gasteiger partial charge in [-0.1, -0.05) is 0 Å². The third-order valence-electron chi connectivity index (χ3n) is 7.85. The average molecular weight is 478 g/mol. The molecule has 32 heavy (non-hydrogen) atoms. The van der Waals surface area contributed by atoms with E-state index in [1.54, 1.807) is 0 Å². The number of hydrogen-bond donors (Lipinski definition) is 4. The van der Waals surface area contributed by atoms with Crippen LogP contribution in [0.1, 0.15) is 64.2 Å². The highest BCUT2D eigenvalue weighted by atomic mass is 35.5. The number of ether oxygens (including phenoxy) is 1. The van der Waals surface area contributed by atoms with Crippen LogP contribution in [-0.4, -0.2) is 77.1 Å². The lowest BCUT2D eigenvalue weighted by Crippen LogP contribution is -2.71. The van der Waals surface area contributed by atoms with Gasteiger partial charge in [0.15, 0.2) is 0 Å². The van der Waals surface area contributed by atoms with Crippen molar-refractivity contribution in [2.75, 3.05) is 13.2 Å². The van der Waals surface area contributed by atoms with Gasteiger partial charge in [0.25, 0.3) is 0 Å². The molecule has 5 rings (SSSR count). The molecule has 6 atom stereocenters. The summed E-state index contributed by atoms with van der Waals surface area (Å²) < 4.78 is 33.0. The van der Waals surface area contributed by atoms with E-state index in [2.05, 4.69) is 16.0 Å². The number of carbonyl (C=O) groups is 2. The maximum atomic E-state index is 13.8. The number of halogens is 3. The van der Waals surface area contributed by atoms with Gasteiger partial charge in [0.2, 0.25) is 11.8 Å². The highest BCUT2D eigenvalue weighted by molar-refractivity contribution is 6.21. The summed E-state index contributed by atoms with van der Waals surface area (Å²) in [5.74, 6) is -0.546. The molecular formula is C22H34ClF2N3O4. The van der Waals surface area contributed by atoms with E-state index in [0.29, 0.717) is 57.9 Å². The first-order valence-corrected chi connectivity index (χ1v) is 12.2. The molecule has 1 saturated heterocycles. The number of aliphatic hydroxyl groups excluding tert-OH is 1. The van der Waals surface area contributed by atoms with Gasteiger partial charge in [-0.3, -0.25) is 9.59 Å². The summed E-state index contributed by atoms with van der Waals surface area (Å²) in [6.45, 7) is 0.295. The van der Waals surface area contributed by atoms with Crippen LogP contribution < -0.4 is 16.0 Å². The van der Waals surface area contributed by atoms with E-state index in [4.69, 9.17) is 16.3 Å². The number of carbonyl (C=O) groups excluding carboxylic acids is 2. The monoisotopic (exact) mass is 477 g/mol. The second-order valence-corrected chi connectivity index (χ2v) is 10.7. The fourth-order valence-electron chi connectivity index (χ4n) is 5.78. The molecule has 2 amide bonds. The molecule has 182 valence electrons. The molecule has 1 aliphatic heterocycles. The first-order chi connectivity index (χ1) is 15.2.